The van der Waals surface area contributed by atoms with Crippen molar-refractivity contribution in [2.45, 2.75) is 20.0 Å². The first-order valence-corrected chi connectivity index (χ1v) is 3.60. The molecule has 2 nitrogen and oxygen atoms in total. The van der Waals surface area contributed by atoms with E-state index in [4.69, 9.17) is 0 Å². The van der Waals surface area contributed by atoms with Crippen LogP contribution in [-0.2, 0) is 0 Å². The molecule has 1 aliphatic heterocycles. The SMILES string of the molecule is CC(C)[C@H]1CNCC1O. The van der Waals surface area contributed by atoms with Crippen LogP contribution < -0.4 is 5.32 Å². The Kier molecular flexibility index (Phi) is 2.09. The van der Waals surface area contributed by atoms with Crippen molar-refractivity contribution in [3.05, 3.63) is 0 Å². The van der Waals surface area contributed by atoms with Crippen LogP contribution in [0.3, 0.4) is 0 Å². The molecule has 0 bridgehead atoms. The van der Waals surface area contributed by atoms with E-state index in [0.717, 1.165) is 13.1 Å². The Morgan fingerprint density at radius 3 is 2.33 bits per heavy atom. The van der Waals surface area contributed by atoms with E-state index in [1.54, 1.807) is 0 Å². The molecule has 0 radical (unpaired) electrons. The lowest BCUT2D eigenvalue weighted by molar-refractivity contribution is 0.123. The first-order chi connectivity index (χ1) is 4.22. The Hall–Kier alpha value is -0.0800. The summed E-state index contributed by atoms with van der Waals surface area (Å²) in [6.45, 7) is 6.07. The lowest BCUT2D eigenvalue weighted by atomic mass is 9.93. The van der Waals surface area contributed by atoms with Gasteiger partial charge < -0.3 is 10.4 Å². The lowest BCUT2D eigenvalue weighted by Gasteiger charge is -2.16. The normalized spacial score (nSPS) is 36.0. The maximum Gasteiger partial charge on any atom is 0.0707 e. The van der Waals surface area contributed by atoms with Gasteiger partial charge >= 0.3 is 0 Å². The van der Waals surface area contributed by atoms with Gasteiger partial charge in [0, 0.05) is 19.0 Å². The minimum absolute atomic E-state index is 0.106. The summed E-state index contributed by atoms with van der Waals surface area (Å²) < 4.78 is 0. The van der Waals surface area contributed by atoms with Gasteiger partial charge in [0.15, 0.2) is 0 Å². The van der Waals surface area contributed by atoms with E-state index in [0.29, 0.717) is 11.8 Å². The summed E-state index contributed by atoms with van der Waals surface area (Å²) in [4.78, 5) is 0. The number of nitrogens with one attached hydrogen (secondary N) is 1. The van der Waals surface area contributed by atoms with Crippen molar-refractivity contribution in [2.24, 2.45) is 11.8 Å². The number of aliphatic hydroxyl groups is 1. The topological polar surface area (TPSA) is 32.3 Å². The molecule has 1 unspecified atom stereocenters. The molecule has 1 fully saturated rings. The Balaban J connectivity index is 2.40. The summed E-state index contributed by atoms with van der Waals surface area (Å²) in [5.41, 5.74) is 0. The number of rotatable bonds is 1. The minimum Gasteiger partial charge on any atom is -0.391 e. The van der Waals surface area contributed by atoms with Crippen LogP contribution in [0.1, 0.15) is 13.8 Å². The molecule has 2 heteroatoms. The monoisotopic (exact) mass is 129 g/mol. The van der Waals surface area contributed by atoms with Gasteiger partial charge in [-0.05, 0) is 5.92 Å². The predicted octanol–water partition coefficient (Wildman–Crippen LogP) is 0.223. The highest BCUT2D eigenvalue weighted by Crippen LogP contribution is 2.17. The average molecular weight is 129 g/mol. The van der Waals surface area contributed by atoms with Crippen LogP contribution in [-0.4, -0.2) is 24.3 Å². The number of β-amino-alcohol motifs (C(OH)–C–C–N with tert-alkyl or cyclic N) is 1. The van der Waals surface area contributed by atoms with Gasteiger partial charge in [-0.1, -0.05) is 13.8 Å². The second-order valence-corrected chi connectivity index (χ2v) is 3.13. The maximum absolute atomic E-state index is 9.30. The molecular weight excluding hydrogens is 114 g/mol. The highest BCUT2D eigenvalue weighted by molar-refractivity contribution is 4.81. The summed E-state index contributed by atoms with van der Waals surface area (Å²) >= 11 is 0. The zero-order valence-corrected chi connectivity index (χ0v) is 6.09. The highest BCUT2D eigenvalue weighted by atomic mass is 16.3. The smallest absolute Gasteiger partial charge is 0.0707 e. The molecule has 1 aliphatic rings. The van der Waals surface area contributed by atoms with Gasteiger partial charge in [-0.3, -0.25) is 0 Å². The molecule has 2 N–H and O–H groups in total. The molecule has 0 saturated carbocycles. The van der Waals surface area contributed by atoms with Gasteiger partial charge in [0.2, 0.25) is 0 Å². The van der Waals surface area contributed by atoms with Gasteiger partial charge in [0.1, 0.15) is 0 Å². The number of aliphatic hydroxyl groups excluding tert-OH is 1. The summed E-state index contributed by atoms with van der Waals surface area (Å²) in [6, 6.07) is 0. The van der Waals surface area contributed by atoms with Gasteiger partial charge in [0.25, 0.3) is 0 Å². The van der Waals surface area contributed by atoms with Crippen LogP contribution in [0.2, 0.25) is 0 Å². The molecule has 0 spiro atoms. The average Bonchev–Trinajstić information content (AvgIpc) is 2.13. The second kappa shape index (κ2) is 2.67. The van der Waals surface area contributed by atoms with Crippen LogP contribution in [0.15, 0.2) is 0 Å². The van der Waals surface area contributed by atoms with Crippen molar-refractivity contribution < 1.29 is 5.11 Å². The van der Waals surface area contributed by atoms with Gasteiger partial charge in [0.05, 0.1) is 6.10 Å². The first kappa shape index (κ1) is 7.03. The molecule has 2 atom stereocenters. The lowest BCUT2D eigenvalue weighted by Crippen LogP contribution is -2.22. The van der Waals surface area contributed by atoms with Crippen LogP contribution in [0.5, 0.6) is 0 Å². The molecule has 1 rings (SSSR count). The summed E-state index contributed by atoms with van der Waals surface area (Å²) in [6.07, 6.45) is -0.106. The van der Waals surface area contributed by atoms with Crippen LogP contribution in [0, 0.1) is 11.8 Å². The van der Waals surface area contributed by atoms with E-state index >= 15 is 0 Å². The van der Waals surface area contributed by atoms with E-state index in [2.05, 4.69) is 19.2 Å². The molecular formula is C7H15NO. The Morgan fingerprint density at radius 2 is 2.11 bits per heavy atom. The van der Waals surface area contributed by atoms with Crippen molar-refractivity contribution in [1.29, 1.82) is 0 Å². The number of hydrogen-bond acceptors (Lipinski definition) is 2. The molecule has 1 heterocycles. The van der Waals surface area contributed by atoms with Crippen LogP contribution >= 0.6 is 0 Å². The highest BCUT2D eigenvalue weighted by Gasteiger charge is 2.26. The van der Waals surface area contributed by atoms with Crippen molar-refractivity contribution in [3.63, 3.8) is 0 Å². The van der Waals surface area contributed by atoms with Crippen molar-refractivity contribution in [3.8, 4) is 0 Å². The maximum atomic E-state index is 9.30. The third-order valence-electron chi connectivity index (χ3n) is 2.08. The van der Waals surface area contributed by atoms with Crippen LogP contribution in [0.4, 0.5) is 0 Å². The molecule has 0 aromatic carbocycles. The fourth-order valence-corrected chi connectivity index (χ4v) is 1.37. The largest absolute Gasteiger partial charge is 0.391 e. The second-order valence-electron chi connectivity index (χ2n) is 3.13. The molecule has 1 saturated heterocycles. The Morgan fingerprint density at radius 1 is 1.44 bits per heavy atom. The van der Waals surface area contributed by atoms with E-state index in [-0.39, 0.29) is 6.10 Å². The quantitative estimate of drug-likeness (QED) is 0.531. The third-order valence-corrected chi connectivity index (χ3v) is 2.08. The fourth-order valence-electron chi connectivity index (χ4n) is 1.37. The molecule has 54 valence electrons. The standard InChI is InChI=1S/C7H15NO/c1-5(2)6-3-8-4-7(6)9/h5-9H,3-4H2,1-2H3/t6-,7?/m1/s1. The van der Waals surface area contributed by atoms with E-state index in [9.17, 15) is 5.11 Å². The molecule has 0 aromatic heterocycles. The van der Waals surface area contributed by atoms with Gasteiger partial charge in [-0.2, -0.15) is 0 Å². The van der Waals surface area contributed by atoms with Crippen molar-refractivity contribution in [2.75, 3.05) is 13.1 Å². The van der Waals surface area contributed by atoms with Gasteiger partial charge in [-0.15, -0.1) is 0 Å². The number of hydrogen-bond donors (Lipinski definition) is 2. The summed E-state index contributed by atoms with van der Waals surface area (Å²) in [5, 5.41) is 12.5. The third kappa shape index (κ3) is 1.43. The van der Waals surface area contributed by atoms with E-state index in [1.807, 2.05) is 0 Å². The molecule has 0 amide bonds. The zero-order chi connectivity index (χ0) is 6.85. The van der Waals surface area contributed by atoms with Gasteiger partial charge in [-0.25, -0.2) is 0 Å². The molecule has 9 heavy (non-hydrogen) atoms. The Labute approximate surface area is 56.3 Å². The Bertz CT molecular complexity index is 92.9. The molecule has 0 aromatic rings. The first-order valence-electron chi connectivity index (χ1n) is 3.60. The van der Waals surface area contributed by atoms with Crippen molar-refractivity contribution in [1.82, 2.24) is 5.32 Å². The van der Waals surface area contributed by atoms with Crippen LogP contribution in [0.25, 0.3) is 0 Å². The van der Waals surface area contributed by atoms with E-state index < -0.39 is 0 Å². The summed E-state index contributed by atoms with van der Waals surface area (Å²) in [7, 11) is 0. The van der Waals surface area contributed by atoms with Crippen molar-refractivity contribution >= 4 is 0 Å². The zero-order valence-electron chi connectivity index (χ0n) is 6.09. The summed E-state index contributed by atoms with van der Waals surface area (Å²) in [5.74, 6) is 1.08. The van der Waals surface area contributed by atoms with E-state index in [1.165, 1.54) is 0 Å². The minimum atomic E-state index is -0.106. The fraction of sp³-hybridized carbons (Fsp3) is 1.00. The molecule has 0 aliphatic carbocycles. The predicted molar refractivity (Wildman–Crippen MR) is 37.2 cm³/mol.